The van der Waals surface area contributed by atoms with Crippen LogP contribution in [0.2, 0.25) is 0 Å². The van der Waals surface area contributed by atoms with Crippen LogP contribution in [0.25, 0.3) is 11.0 Å². The van der Waals surface area contributed by atoms with Gasteiger partial charge in [-0.25, -0.2) is 0 Å². The topological polar surface area (TPSA) is 34.6 Å². The Balaban J connectivity index is 1.45. The zero-order valence-corrected chi connectivity index (χ0v) is 16.6. The zero-order valence-electron chi connectivity index (χ0n) is 15.8. The normalized spacial score (nSPS) is 15.4. The molecule has 0 aliphatic carbocycles. The summed E-state index contributed by atoms with van der Waals surface area (Å²) in [6.45, 7) is 6.66. The van der Waals surface area contributed by atoms with Crippen molar-refractivity contribution in [2.45, 2.75) is 13.6 Å². The highest BCUT2D eigenvalue weighted by Crippen LogP contribution is 2.17. The Morgan fingerprint density at radius 3 is 2.30 bits per heavy atom. The Hall–Kier alpha value is -2.44. The molecule has 5 nitrogen and oxygen atoms in total. The van der Waals surface area contributed by atoms with E-state index in [2.05, 4.69) is 50.4 Å². The number of Topliss-reactive ketones (excluding diaryl/α,β-unsaturated/α-hetero) is 1. The average Bonchev–Trinajstić information content (AvgIpc) is 2.94. The van der Waals surface area contributed by atoms with E-state index in [1.807, 2.05) is 19.2 Å². The van der Waals surface area contributed by atoms with Gasteiger partial charge in [-0.15, -0.1) is 0 Å². The van der Waals surface area contributed by atoms with Crippen molar-refractivity contribution in [3.8, 4) is 0 Å². The van der Waals surface area contributed by atoms with Crippen molar-refractivity contribution in [3.05, 3.63) is 58.9 Å². The van der Waals surface area contributed by atoms with Crippen LogP contribution in [0.5, 0.6) is 0 Å². The van der Waals surface area contributed by atoms with E-state index in [-0.39, 0.29) is 5.78 Å². The fourth-order valence-electron chi connectivity index (χ4n) is 3.89. The highest BCUT2D eigenvalue weighted by Gasteiger charge is 2.22. The number of hydrogen-bond donors (Lipinski definition) is 1. The third-order valence-corrected chi connectivity index (χ3v) is 6.04. The SMILES string of the molecule is CC(=O)c1ccc(N2CC[NH+](Cn3c(=S)n(C)c4ccccc43)CC2)cc1. The number of aryl methyl sites for hydroxylation is 1. The Morgan fingerprint density at radius 1 is 1.04 bits per heavy atom. The quantitative estimate of drug-likeness (QED) is 0.556. The lowest BCUT2D eigenvalue weighted by atomic mass is 10.1. The molecule has 0 unspecified atom stereocenters. The van der Waals surface area contributed by atoms with Crippen LogP contribution in [0.1, 0.15) is 17.3 Å². The predicted octanol–water partition coefficient (Wildman–Crippen LogP) is 2.27. The lowest BCUT2D eigenvalue weighted by Gasteiger charge is -2.33. The molecule has 2 heterocycles. The van der Waals surface area contributed by atoms with Crippen molar-refractivity contribution in [3.63, 3.8) is 0 Å². The van der Waals surface area contributed by atoms with Crippen LogP contribution in [0.3, 0.4) is 0 Å². The Bertz CT molecular complexity index is 1030. The predicted molar refractivity (Wildman–Crippen MR) is 111 cm³/mol. The first-order valence-electron chi connectivity index (χ1n) is 9.38. The number of para-hydroxylation sites is 2. The van der Waals surface area contributed by atoms with Gasteiger partial charge < -0.3 is 14.4 Å². The maximum absolute atomic E-state index is 11.4. The fraction of sp³-hybridized carbons (Fsp3) is 0.333. The molecular weight excluding hydrogens is 356 g/mol. The van der Waals surface area contributed by atoms with Gasteiger partial charge >= 0.3 is 0 Å². The summed E-state index contributed by atoms with van der Waals surface area (Å²) in [5, 5.41) is 0. The summed E-state index contributed by atoms with van der Waals surface area (Å²) in [7, 11) is 2.04. The molecule has 4 rings (SSSR count). The van der Waals surface area contributed by atoms with Crippen molar-refractivity contribution in [2.75, 3.05) is 31.1 Å². The molecule has 3 aromatic rings. The smallest absolute Gasteiger partial charge is 0.184 e. The molecule has 1 N–H and O–H groups in total. The van der Waals surface area contributed by atoms with E-state index in [0.29, 0.717) is 0 Å². The van der Waals surface area contributed by atoms with E-state index in [1.54, 1.807) is 11.8 Å². The molecule has 1 aliphatic heterocycles. The van der Waals surface area contributed by atoms with Crippen molar-refractivity contribution in [2.24, 2.45) is 7.05 Å². The number of quaternary nitrogens is 1. The summed E-state index contributed by atoms with van der Waals surface area (Å²) in [6.07, 6.45) is 0. The minimum Gasteiger partial charge on any atom is -0.360 e. The summed E-state index contributed by atoms with van der Waals surface area (Å²) < 4.78 is 5.24. The third-order valence-electron chi connectivity index (χ3n) is 5.54. The monoisotopic (exact) mass is 381 g/mol. The highest BCUT2D eigenvalue weighted by atomic mass is 32.1. The molecule has 0 spiro atoms. The molecular formula is C21H25N4OS+. The van der Waals surface area contributed by atoms with Gasteiger partial charge in [0.25, 0.3) is 0 Å². The minimum absolute atomic E-state index is 0.114. The number of nitrogens with zero attached hydrogens (tertiary/aromatic N) is 3. The third kappa shape index (κ3) is 3.42. The minimum atomic E-state index is 0.114. The van der Waals surface area contributed by atoms with E-state index in [9.17, 15) is 4.79 Å². The zero-order chi connectivity index (χ0) is 19.0. The molecule has 1 saturated heterocycles. The van der Waals surface area contributed by atoms with Gasteiger partial charge in [0, 0.05) is 18.3 Å². The van der Waals surface area contributed by atoms with Gasteiger partial charge in [0.05, 0.1) is 37.2 Å². The number of carbonyl (C=O) groups is 1. The molecule has 1 aromatic heterocycles. The van der Waals surface area contributed by atoms with E-state index in [0.717, 1.165) is 43.2 Å². The second-order valence-electron chi connectivity index (χ2n) is 7.26. The van der Waals surface area contributed by atoms with Gasteiger partial charge in [-0.3, -0.25) is 9.36 Å². The number of rotatable bonds is 4. The first-order valence-corrected chi connectivity index (χ1v) is 9.79. The molecule has 0 amide bonds. The highest BCUT2D eigenvalue weighted by molar-refractivity contribution is 7.71. The number of piperazine rings is 1. The Labute approximate surface area is 164 Å². The largest absolute Gasteiger partial charge is 0.360 e. The summed E-state index contributed by atoms with van der Waals surface area (Å²) in [5.41, 5.74) is 4.36. The summed E-state index contributed by atoms with van der Waals surface area (Å²) in [4.78, 5) is 15.4. The van der Waals surface area contributed by atoms with Crippen LogP contribution >= 0.6 is 12.2 Å². The average molecular weight is 382 g/mol. The Kier molecular flexibility index (Phi) is 4.85. The van der Waals surface area contributed by atoms with Crippen molar-refractivity contribution >= 4 is 34.7 Å². The maximum atomic E-state index is 11.4. The van der Waals surface area contributed by atoms with Gasteiger partial charge in [-0.05, 0) is 55.5 Å². The van der Waals surface area contributed by atoms with E-state index >= 15 is 0 Å². The summed E-state index contributed by atoms with van der Waals surface area (Å²) in [6, 6.07) is 16.4. The Morgan fingerprint density at radius 2 is 1.67 bits per heavy atom. The fourth-order valence-corrected chi connectivity index (χ4v) is 4.15. The number of ketones is 1. The number of carbonyl (C=O) groups excluding carboxylic acids is 1. The van der Waals surface area contributed by atoms with Crippen LogP contribution in [0.15, 0.2) is 48.5 Å². The van der Waals surface area contributed by atoms with Gasteiger partial charge in [0.2, 0.25) is 0 Å². The number of hydrogen-bond acceptors (Lipinski definition) is 3. The summed E-state index contributed by atoms with van der Waals surface area (Å²) in [5.74, 6) is 0.114. The molecule has 6 heteroatoms. The molecule has 1 aliphatic rings. The molecule has 2 aromatic carbocycles. The van der Waals surface area contributed by atoms with Crippen LogP contribution in [-0.4, -0.2) is 41.1 Å². The van der Waals surface area contributed by atoms with E-state index in [4.69, 9.17) is 12.2 Å². The first-order chi connectivity index (χ1) is 13.0. The number of benzene rings is 2. The lowest BCUT2D eigenvalue weighted by Crippen LogP contribution is -3.14. The number of anilines is 1. The van der Waals surface area contributed by atoms with Gasteiger partial charge in [0.1, 0.15) is 0 Å². The molecule has 0 radical (unpaired) electrons. The van der Waals surface area contributed by atoms with Gasteiger partial charge in [0.15, 0.2) is 17.2 Å². The maximum Gasteiger partial charge on any atom is 0.184 e. The molecule has 27 heavy (non-hydrogen) atoms. The van der Waals surface area contributed by atoms with Crippen LogP contribution < -0.4 is 9.80 Å². The molecule has 0 bridgehead atoms. The van der Waals surface area contributed by atoms with Crippen molar-refractivity contribution < 1.29 is 9.69 Å². The summed E-state index contributed by atoms with van der Waals surface area (Å²) >= 11 is 5.67. The number of fused-ring (bicyclic) bond motifs is 1. The van der Waals surface area contributed by atoms with Gasteiger partial charge in [-0.1, -0.05) is 12.1 Å². The van der Waals surface area contributed by atoms with Crippen LogP contribution in [0, 0.1) is 4.77 Å². The molecule has 1 fully saturated rings. The van der Waals surface area contributed by atoms with Crippen LogP contribution in [-0.2, 0) is 13.7 Å². The van der Waals surface area contributed by atoms with Crippen molar-refractivity contribution in [1.29, 1.82) is 0 Å². The van der Waals surface area contributed by atoms with Gasteiger partial charge in [-0.2, -0.15) is 0 Å². The van der Waals surface area contributed by atoms with E-state index in [1.165, 1.54) is 16.7 Å². The second-order valence-corrected chi connectivity index (χ2v) is 7.62. The number of nitrogens with one attached hydrogen (secondary N) is 1. The first kappa shape index (κ1) is 17.9. The molecule has 0 atom stereocenters. The number of aromatic nitrogens is 2. The standard InChI is InChI=1S/C21H24N4OS/c1-16(26)17-7-9-18(10-8-17)24-13-11-23(12-14-24)15-25-20-6-4-3-5-19(20)22(2)21(25)27/h3-10H,11-15H2,1-2H3/p+1. The molecule has 0 saturated carbocycles. The van der Waals surface area contributed by atoms with Crippen molar-refractivity contribution in [1.82, 2.24) is 9.13 Å². The molecule has 140 valence electrons. The van der Waals surface area contributed by atoms with E-state index < -0.39 is 0 Å². The second kappa shape index (κ2) is 7.29. The number of imidazole rings is 1. The van der Waals surface area contributed by atoms with Crippen LogP contribution in [0.4, 0.5) is 5.69 Å². The lowest BCUT2D eigenvalue weighted by molar-refractivity contribution is -0.923.